The van der Waals surface area contributed by atoms with Crippen molar-refractivity contribution in [2.75, 3.05) is 11.9 Å². The number of aliphatic hydroxyl groups is 1. The van der Waals surface area contributed by atoms with Gasteiger partial charge in [-0.3, -0.25) is 0 Å². The molecule has 0 aliphatic rings. The molecule has 0 aliphatic heterocycles. The number of pyridine rings is 1. The third-order valence-corrected chi connectivity index (χ3v) is 3.10. The number of hydrogen-bond donors (Lipinski definition) is 1. The van der Waals surface area contributed by atoms with Crippen molar-refractivity contribution in [3.63, 3.8) is 0 Å². The first-order valence-corrected chi connectivity index (χ1v) is 5.97. The van der Waals surface area contributed by atoms with Crippen LogP contribution in [0.4, 0.5) is 5.82 Å². The van der Waals surface area contributed by atoms with Gasteiger partial charge in [-0.15, -0.1) is 0 Å². The average molecular weight is 222 g/mol. The van der Waals surface area contributed by atoms with Crippen molar-refractivity contribution in [2.45, 2.75) is 45.8 Å². The largest absolute Gasteiger partial charge is 0.389 e. The second-order valence-electron chi connectivity index (χ2n) is 4.21. The zero-order valence-electron chi connectivity index (χ0n) is 10.6. The van der Waals surface area contributed by atoms with Gasteiger partial charge in [-0.25, -0.2) is 4.98 Å². The van der Waals surface area contributed by atoms with Gasteiger partial charge in [-0.2, -0.15) is 0 Å². The van der Waals surface area contributed by atoms with E-state index in [4.69, 9.17) is 0 Å². The Bertz CT molecular complexity index is 304. The summed E-state index contributed by atoms with van der Waals surface area (Å²) in [7, 11) is 2.07. The highest BCUT2D eigenvalue weighted by atomic mass is 16.3. The van der Waals surface area contributed by atoms with Crippen LogP contribution in [-0.2, 0) is 0 Å². The summed E-state index contributed by atoms with van der Waals surface area (Å²) in [6.07, 6.45) is 3.54. The van der Waals surface area contributed by atoms with Crippen LogP contribution in [0, 0.1) is 0 Å². The van der Waals surface area contributed by atoms with Gasteiger partial charge in [-0.1, -0.05) is 19.9 Å². The van der Waals surface area contributed by atoms with Gasteiger partial charge in [0.05, 0.1) is 6.10 Å². The Morgan fingerprint density at radius 1 is 1.31 bits per heavy atom. The number of hydrogen-bond acceptors (Lipinski definition) is 3. The summed E-state index contributed by atoms with van der Waals surface area (Å²) in [5, 5.41) is 9.40. The molecule has 0 spiro atoms. The maximum atomic E-state index is 9.40. The van der Waals surface area contributed by atoms with Crippen LogP contribution in [0.2, 0.25) is 0 Å². The SMILES string of the molecule is CCC(CC)N(C)c1ccc([C@@H](C)O)cn1. The van der Waals surface area contributed by atoms with E-state index in [0.29, 0.717) is 6.04 Å². The van der Waals surface area contributed by atoms with Crippen molar-refractivity contribution in [3.05, 3.63) is 23.9 Å². The van der Waals surface area contributed by atoms with Crippen molar-refractivity contribution in [1.29, 1.82) is 0 Å². The molecule has 1 atom stereocenters. The molecular weight excluding hydrogens is 200 g/mol. The minimum atomic E-state index is -0.444. The molecule has 1 N–H and O–H groups in total. The number of aliphatic hydroxyl groups excluding tert-OH is 1. The Balaban J connectivity index is 2.80. The molecule has 3 nitrogen and oxygen atoms in total. The molecular formula is C13H22N2O. The van der Waals surface area contributed by atoms with E-state index in [1.54, 1.807) is 13.1 Å². The summed E-state index contributed by atoms with van der Waals surface area (Å²) in [6.45, 7) is 6.13. The maximum Gasteiger partial charge on any atom is 0.128 e. The van der Waals surface area contributed by atoms with Crippen molar-refractivity contribution in [3.8, 4) is 0 Å². The van der Waals surface area contributed by atoms with Crippen molar-refractivity contribution in [1.82, 2.24) is 4.98 Å². The third kappa shape index (κ3) is 2.95. The van der Waals surface area contributed by atoms with Crippen molar-refractivity contribution >= 4 is 5.82 Å². The molecule has 1 heterocycles. The van der Waals surface area contributed by atoms with Crippen molar-refractivity contribution < 1.29 is 5.11 Å². The molecule has 1 aromatic heterocycles. The maximum absolute atomic E-state index is 9.40. The van der Waals surface area contributed by atoms with Crippen LogP contribution in [0.3, 0.4) is 0 Å². The van der Waals surface area contributed by atoms with Gasteiger partial charge in [0.2, 0.25) is 0 Å². The Labute approximate surface area is 98.1 Å². The molecule has 16 heavy (non-hydrogen) atoms. The van der Waals surface area contributed by atoms with Gasteiger partial charge in [-0.05, 0) is 31.4 Å². The lowest BCUT2D eigenvalue weighted by Crippen LogP contribution is -2.30. The second-order valence-corrected chi connectivity index (χ2v) is 4.21. The summed E-state index contributed by atoms with van der Waals surface area (Å²) >= 11 is 0. The van der Waals surface area contributed by atoms with E-state index >= 15 is 0 Å². The Kier molecular flexibility index (Phi) is 4.74. The molecule has 1 aromatic rings. The van der Waals surface area contributed by atoms with Crippen LogP contribution in [0.15, 0.2) is 18.3 Å². The van der Waals surface area contributed by atoms with Gasteiger partial charge in [0.25, 0.3) is 0 Å². The summed E-state index contributed by atoms with van der Waals surface area (Å²) in [5.74, 6) is 0.970. The van der Waals surface area contributed by atoms with E-state index in [-0.39, 0.29) is 0 Å². The number of rotatable bonds is 5. The number of nitrogens with zero attached hydrogens (tertiary/aromatic N) is 2. The molecule has 0 aliphatic carbocycles. The fourth-order valence-corrected chi connectivity index (χ4v) is 1.88. The number of anilines is 1. The van der Waals surface area contributed by atoms with Crippen LogP contribution in [-0.4, -0.2) is 23.2 Å². The van der Waals surface area contributed by atoms with Crippen LogP contribution < -0.4 is 4.90 Å². The van der Waals surface area contributed by atoms with Crippen LogP contribution in [0.5, 0.6) is 0 Å². The molecule has 0 saturated carbocycles. The summed E-state index contributed by atoms with van der Waals surface area (Å²) in [5.41, 5.74) is 0.863. The Morgan fingerprint density at radius 3 is 2.31 bits per heavy atom. The molecule has 3 heteroatoms. The first kappa shape index (κ1) is 13.0. The van der Waals surface area contributed by atoms with Gasteiger partial charge in [0.1, 0.15) is 5.82 Å². The monoisotopic (exact) mass is 222 g/mol. The predicted octanol–water partition coefficient (Wildman–Crippen LogP) is 2.76. The van der Waals surface area contributed by atoms with Crippen LogP contribution >= 0.6 is 0 Å². The van der Waals surface area contributed by atoms with E-state index in [9.17, 15) is 5.11 Å². The first-order valence-electron chi connectivity index (χ1n) is 5.97. The molecule has 0 saturated heterocycles. The van der Waals surface area contributed by atoms with Gasteiger partial charge < -0.3 is 10.0 Å². The van der Waals surface area contributed by atoms with Crippen molar-refractivity contribution in [2.24, 2.45) is 0 Å². The normalized spacial score (nSPS) is 12.9. The Hall–Kier alpha value is -1.09. The molecule has 0 aromatic carbocycles. The van der Waals surface area contributed by atoms with E-state index < -0.39 is 6.10 Å². The van der Waals surface area contributed by atoms with Crippen LogP contribution in [0.1, 0.15) is 45.3 Å². The third-order valence-electron chi connectivity index (χ3n) is 3.10. The topological polar surface area (TPSA) is 36.4 Å². The lowest BCUT2D eigenvalue weighted by Gasteiger charge is -2.27. The Morgan fingerprint density at radius 2 is 1.94 bits per heavy atom. The first-order chi connectivity index (χ1) is 7.60. The average Bonchev–Trinajstić information content (AvgIpc) is 2.30. The molecule has 0 radical (unpaired) electrons. The minimum Gasteiger partial charge on any atom is -0.389 e. The fraction of sp³-hybridized carbons (Fsp3) is 0.615. The minimum absolute atomic E-state index is 0.444. The quantitative estimate of drug-likeness (QED) is 0.832. The van der Waals surface area contributed by atoms with Gasteiger partial charge in [0, 0.05) is 19.3 Å². The van der Waals surface area contributed by atoms with Crippen LogP contribution in [0.25, 0.3) is 0 Å². The molecule has 0 fully saturated rings. The predicted molar refractivity (Wildman–Crippen MR) is 67.6 cm³/mol. The zero-order valence-corrected chi connectivity index (χ0v) is 10.6. The number of aromatic nitrogens is 1. The molecule has 90 valence electrons. The molecule has 0 unspecified atom stereocenters. The van der Waals surface area contributed by atoms with E-state index in [1.807, 2.05) is 12.1 Å². The van der Waals surface area contributed by atoms with E-state index in [0.717, 1.165) is 24.2 Å². The second kappa shape index (κ2) is 5.85. The summed E-state index contributed by atoms with van der Waals surface area (Å²) < 4.78 is 0. The van der Waals surface area contributed by atoms with E-state index in [1.165, 1.54) is 0 Å². The summed E-state index contributed by atoms with van der Waals surface area (Å²) in [4.78, 5) is 6.58. The highest BCUT2D eigenvalue weighted by Crippen LogP contribution is 2.18. The fourth-order valence-electron chi connectivity index (χ4n) is 1.88. The highest BCUT2D eigenvalue weighted by Gasteiger charge is 2.12. The standard InChI is InChI=1S/C13H22N2O/c1-5-12(6-2)15(4)13-8-7-11(9-14-13)10(3)16/h7-10,12,16H,5-6H2,1-4H3/t10-/m1/s1. The summed E-state index contributed by atoms with van der Waals surface area (Å²) in [6, 6.07) is 4.44. The smallest absolute Gasteiger partial charge is 0.128 e. The van der Waals surface area contributed by atoms with E-state index in [2.05, 4.69) is 30.8 Å². The molecule has 1 rings (SSSR count). The zero-order chi connectivity index (χ0) is 12.1. The van der Waals surface area contributed by atoms with Gasteiger partial charge >= 0.3 is 0 Å². The molecule has 0 bridgehead atoms. The lowest BCUT2D eigenvalue weighted by molar-refractivity contribution is 0.199. The molecule has 0 amide bonds. The van der Waals surface area contributed by atoms with Gasteiger partial charge in [0.15, 0.2) is 0 Å². The lowest BCUT2D eigenvalue weighted by atomic mass is 10.1. The highest BCUT2D eigenvalue weighted by molar-refractivity contribution is 5.39.